The molecule has 1 unspecified atom stereocenters. The van der Waals surface area contributed by atoms with Crippen molar-refractivity contribution in [3.05, 3.63) is 17.3 Å². The standard InChI is InChI=1S/C13H24N2O2/c1-9(7-13(4,5)16-6)14-8-12-15-10(2)11(3)17-12/h9,14H,7-8H2,1-6H3. The van der Waals surface area contributed by atoms with E-state index in [-0.39, 0.29) is 5.60 Å². The van der Waals surface area contributed by atoms with Crippen molar-refractivity contribution in [2.24, 2.45) is 0 Å². The summed E-state index contributed by atoms with van der Waals surface area (Å²) in [6, 6.07) is 0.359. The lowest BCUT2D eigenvalue weighted by atomic mass is 10.00. The van der Waals surface area contributed by atoms with Gasteiger partial charge in [0.15, 0.2) is 0 Å². The third-order valence-corrected chi connectivity index (χ3v) is 3.02. The van der Waals surface area contributed by atoms with E-state index in [2.05, 4.69) is 31.1 Å². The first-order chi connectivity index (χ1) is 7.84. The van der Waals surface area contributed by atoms with E-state index in [0.29, 0.717) is 12.6 Å². The number of aromatic nitrogens is 1. The molecule has 0 aliphatic rings. The van der Waals surface area contributed by atoms with Gasteiger partial charge >= 0.3 is 0 Å². The predicted octanol–water partition coefficient (Wildman–Crippen LogP) is 2.58. The zero-order valence-electron chi connectivity index (χ0n) is 11.8. The summed E-state index contributed by atoms with van der Waals surface area (Å²) in [6.07, 6.45) is 0.947. The van der Waals surface area contributed by atoms with E-state index < -0.39 is 0 Å². The maximum Gasteiger partial charge on any atom is 0.208 e. The van der Waals surface area contributed by atoms with Gasteiger partial charge < -0.3 is 14.5 Å². The molecule has 1 heterocycles. The molecule has 0 radical (unpaired) electrons. The van der Waals surface area contributed by atoms with Crippen molar-refractivity contribution in [3.63, 3.8) is 0 Å². The zero-order valence-corrected chi connectivity index (χ0v) is 11.8. The highest BCUT2D eigenvalue weighted by Gasteiger charge is 2.20. The van der Waals surface area contributed by atoms with Gasteiger partial charge in [0.05, 0.1) is 17.8 Å². The largest absolute Gasteiger partial charge is 0.444 e. The lowest BCUT2D eigenvalue weighted by Crippen LogP contribution is -2.35. The molecule has 1 aromatic heterocycles. The normalized spacial score (nSPS) is 14.0. The van der Waals surface area contributed by atoms with E-state index in [1.807, 2.05) is 13.8 Å². The minimum atomic E-state index is -0.102. The molecular formula is C13H24N2O2. The maximum atomic E-state index is 5.52. The van der Waals surface area contributed by atoms with Crippen LogP contribution in [0.25, 0.3) is 0 Å². The second-order valence-electron chi connectivity index (χ2n) is 5.20. The summed E-state index contributed by atoms with van der Waals surface area (Å²) in [4.78, 5) is 4.34. The van der Waals surface area contributed by atoms with Crippen LogP contribution in [0.3, 0.4) is 0 Å². The van der Waals surface area contributed by atoms with Gasteiger partial charge in [0.2, 0.25) is 5.89 Å². The van der Waals surface area contributed by atoms with Gasteiger partial charge in [-0.25, -0.2) is 4.98 Å². The van der Waals surface area contributed by atoms with E-state index >= 15 is 0 Å². The second-order valence-corrected chi connectivity index (χ2v) is 5.20. The van der Waals surface area contributed by atoms with Crippen LogP contribution in [0.15, 0.2) is 4.42 Å². The van der Waals surface area contributed by atoms with E-state index in [1.54, 1.807) is 7.11 Å². The van der Waals surface area contributed by atoms with Gasteiger partial charge in [0, 0.05) is 13.2 Å². The van der Waals surface area contributed by atoms with Gasteiger partial charge in [-0.15, -0.1) is 0 Å². The van der Waals surface area contributed by atoms with Crippen LogP contribution >= 0.6 is 0 Å². The van der Waals surface area contributed by atoms with Crippen molar-refractivity contribution in [2.45, 2.75) is 59.2 Å². The molecule has 1 rings (SSSR count). The third kappa shape index (κ3) is 4.48. The van der Waals surface area contributed by atoms with Crippen molar-refractivity contribution in [1.29, 1.82) is 0 Å². The Morgan fingerprint density at radius 2 is 2.06 bits per heavy atom. The first-order valence-electron chi connectivity index (χ1n) is 6.05. The van der Waals surface area contributed by atoms with Crippen LogP contribution in [-0.2, 0) is 11.3 Å². The molecule has 0 amide bonds. The van der Waals surface area contributed by atoms with Crippen molar-refractivity contribution in [2.75, 3.05) is 7.11 Å². The number of ether oxygens (including phenoxy) is 1. The Morgan fingerprint density at radius 1 is 1.41 bits per heavy atom. The fourth-order valence-corrected chi connectivity index (χ4v) is 1.77. The van der Waals surface area contributed by atoms with E-state index in [9.17, 15) is 0 Å². The highest BCUT2D eigenvalue weighted by atomic mass is 16.5. The van der Waals surface area contributed by atoms with Gasteiger partial charge in [-0.1, -0.05) is 0 Å². The molecular weight excluding hydrogens is 216 g/mol. The highest BCUT2D eigenvalue weighted by molar-refractivity contribution is 5.05. The van der Waals surface area contributed by atoms with Crippen LogP contribution in [0.1, 0.15) is 44.5 Å². The van der Waals surface area contributed by atoms with Gasteiger partial charge in [-0.3, -0.25) is 0 Å². The topological polar surface area (TPSA) is 47.3 Å². The lowest BCUT2D eigenvalue weighted by molar-refractivity contribution is 0.00827. The van der Waals surface area contributed by atoms with E-state index in [1.165, 1.54) is 0 Å². The van der Waals surface area contributed by atoms with Gasteiger partial charge in [-0.2, -0.15) is 0 Å². The van der Waals surface area contributed by atoms with Crippen molar-refractivity contribution >= 4 is 0 Å². The molecule has 0 bridgehead atoms. The molecule has 0 fully saturated rings. The smallest absolute Gasteiger partial charge is 0.208 e. The molecule has 0 aliphatic heterocycles. The molecule has 1 aromatic rings. The molecule has 0 saturated heterocycles. The number of hydrogen-bond acceptors (Lipinski definition) is 4. The average Bonchev–Trinajstić information content (AvgIpc) is 2.55. The van der Waals surface area contributed by atoms with E-state index in [0.717, 1.165) is 23.8 Å². The predicted molar refractivity (Wildman–Crippen MR) is 68.0 cm³/mol. The van der Waals surface area contributed by atoms with Crippen LogP contribution in [-0.4, -0.2) is 23.7 Å². The molecule has 0 saturated carbocycles. The zero-order chi connectivity index (χ0) is 13.1. The number of rotatable bonds is 6. The summed E-state index contributed by atoms with van der Waals surface area (Å²) in [7, 11) is 1.74. The maximum absolute atomic E-state index is 5.52. The summed E-state index contributed by atoms with van der Waals surface area (Å²) in [6.45, 7) is 10.9. The van der Waals surface area contributed by atoms with Crippen LogP contribution in [0.2, 0.25) is 0 Å². The number of oxazole rings is 1. The molecule has 17 heavy (non-hydrogen) atoms. The quantitative estimate of drug-likeness (QED) is 0.830. The first kappa shape index (κ1) is 14.2. The first-order valence-corrected chi connectivity index (χ1v) is 6.05. The molecule has 98 valence electrons. The Kier molecular flexibility index (Phi) is 4.71. The minimum Gasteiger partial charge on any atom is -0.444 e. The Morgan fingerprint density at radius 3 is 2.53 bits per heavy atom. The lowest BCUT2D eigenvalue weighted by Gasteiger charge is -2.26. The van der Waals surface area contributed by atoms with Gasteiger partial charge in [-0.05, 0) is 41.0 Å². The van der Waals surface area contributed by atoms with Crippen molar-refractivity contribution < 1.29 is 9.15 Å². The number of methoxy groups -OCH3 is 1. The van der Waals surface area contributed by atoms with Gasteiger partial charge in [0.25, 0.3) is 0 Å². The summed E-state index contributed by atoms with van der Waals surface area (Å²) >= 11 is 0. The third-order valence-electron chi connectivity index (χ3n) is 3.02. The fourth-order valence-electron chi connectivity index (χ4n) is 1.77. The molecule has 1 N–H and O–H groups in total. The number of nitrogens with zero attached hydrogens (tertiary/aromatic N) is 1. The number of hydrogen-bond donors (Lipinski definition) is 1. The molecule has 4 heteroatoms. The monoisotopic (exact) mass is 240 g/mol. The highest BCUT2D eigenvalue weighted by Crippen LogP contribution is 2.16. The average molecular weight is 240 g/mol. The Balaban J connectivity index is 2.40. The second kappa shape index (κ2) is 5.65. The Labute approximate surface area is 104 Å². The number of aryl methyl sites for hydroxylation is 2. The SMILES string of the molecule is COC(C)(C)CC(C)NCc1nc(C)c(C)o1. The molecule has 0 aromatic carbocycles. The van der Waals surface area contributed by atoms with Crippen molar-refractivity contribution in [3.8, 4) is 0 Å². The van der Waals surface area contributed by atoms with Crippen LogP contribution in [0.5, 0.6) is 0 Å². The van der Waals surface area contributed by atoms with Gasteiger partial charge in [0.1, 0.15) is 5.76 Å². The van der Waals surface area contributed by atoms with Crippen LogP contribution < -0.4 is 5.32 Å². The summed E-state index contributed by atoms with van der Waals surface area (Å²) in [5.41, 5.74) is 0.862. The Hall–Kier alpha value is -0.870. The molecule has 0 spiro atoms. The van der Waals surface area contributed by atoms with Crippen LogP contribution in [0.4, 0.5) is 0 Å². The van der Waals surface area contributed by atoms with Crippen molar-refractivity contribution in [1.82, 2.24) is 10.3 Å². The fraction of sp³-hybridized carbons (Fsp3) is 0.769. The summed E-state index contributed by atoms with van der Waals surface area (Å²) in [5, 5.41) is 3.39. The minimum absolute atomic E-state index is 0.102. The summed E-state index contributed by atoms with van der Waals surface area (Å²) < 4.78 is 10.9. The number of nitrogens with one attached hydrogen (secondary N) is 1. The molecule has 0 aliphatic carbocycles. The van der Waals surface area contributed by atoms with Crippen LogP contribution in [0, 0.1) is 13.8 Å². The molecule has 4 nitrogen and oxygen atoms in total. The molecule has 1 atom stereocenters. The Bertz CT molecular complexity index is 339. The van der Waals surface area contributed by atoms with E-state index in [4.69, 9.17) is 9.15 Å². The summed E-state index contributed by atoms with van der Waals surface area (Å²) in [5.74, 6) is 1.65.